The number of aromatic amines is 1. The van der Waals surface area contributed by atoms with Crippen molar-refractivity contribution in [1.82, 2.24) is 9.97 Å². The van der Waals surface area contributed by atoms with Crippen LogP contribution in [0.15, 0.2) is 41.5 Å². The molecule has 3 rings (SSSR count). The Morgan fingerprint density at radius 2 is 1.94 bits per heavy atom. The van der Waals surface area contributed by atoms with Gasteiger partial charge in [-0.3, -0.25) is 9.78 Å². The molecule has 0 spiro atoms. The zero-order valence-electron chi connectivity index (χ0n) is 8.82. The van der Waals surface area contributed by atoms with Gasteiger partial charge in [0.2, 0.25) is 0 Å². The molecule has 0 atom stereocenters. The lowest BCUT2D eigenvalue weighted by Gasteiger charge is -2.04. The maximum absolute atomic E-state index is 11.7. The summed E-state index contributed by atoms with van der Waals surface area (Å²) in [6.07, 6.45) is 3.43. The molecule has 0 radical (unpaired) electrons. The molecule has 1 N–H and O–H groups in total. The lowest BCUT2D eigenvalue weighted by atomic mass is 10.1. The zero-order valence-corrected chi connectivity index (χ0v) is 8.82. The Hall–Kier alpha value is -2.16. The van der Waals surface area contributed by atoms with Crippen LogP contribution in [0.4, 0.5) is 0 Å². The summed E-state index contributed by atoms with van der Waals surface area (Å²) in [6.45, 7) is 2.04. The van der Waals surface area contributed by atoms with Crippen LogP contribution in [-0.2, 0) is 0 Å². The van der Waals surface area contributed by atoms with Crippen LogP contribution in [0.25, 0.3) is 21.8 Å². The number of hydrogen-bond donors (Lipinski definition) is 1. The summed E-state index contributed by atoms with van der Waals surface area (Å²) in [4.78, 5) is 19.1. The summed E-state index contributed by atoms with van der Waals surface area (Å²) >= 11 is 0. The highest BCUT2D eigenvalue weighted by Crippen LogP contribution is 2.21. The molecule has 0 unspecified atom stereocenters. The molecule has 0 saturated heterocycles. The Labute approximate surface area is 91.8 Å². The molecule has 0 fully saturated rings. The van der Waals surface area contributed by atoms with Gasteiger partial charge in [0.25, 0.3) is 0 Å². The van der Waals surface area contributed by atoms with Crippen LogP contribution in [0, 0.1) is 6.92 Å². The van der Waals surface area contributed by atoms with E-state index in [-0.39, 0.29) is 5.43 Å². The summed E-state index contributed by atoms with van der Waals surface area (Å²) in [5.41, 5.74) is 2.86. The van der Waals surface area contributed by atoms with Crippen LogP contribution in [0.2, 0.25) is 0 Å². The third kappa shape index (κ3) is 1.15. The van der Waals surface area contributed by atoms with Gasteiger partial charge in [-0.25, -0.2) is 0 Å². The average Bonchev–Trinajstić information content (AvgIpc) is 2.30. The predicted octanol–water partition coefficient (Wildman–Crippen LogP) is 2.38. The third-order valence-electron chi connectivity index (χ3n) is 2.86. The number of aromatic nitrogens is 2. The van der Waals surface area contributed by atoms with E-state index < -0.39 is 0 Å². The summed E-state index contributed by atoms with van der Waals surface area (Å²) in [5, 5.41) is 1.77. The van der Waals surface area contributed by atoms with Crippen molar-refractivity contribution >= 4 is 21.8 Å². The second kappa shape index (κ2) is 3.17. The maximum Gasteiger partial charge on any atom is 0.189 e. The van der Waals surface area contributed by atoms with Crippen molar-refractivity contribution < 1.29 is 0 Å². The van der Waals surface area contributed by atoms with Crippen LogP contribution >= 0.6 is 0 Å². The van der Waals surface area contributed by atoms with E-state index in [1.54, 1.807) is 12.4 Å². The molecular formula is C13H10N2O. The smallest absolute Gasteiger partial charge is 0.189 e. The monoisotopic (exact) mass is 210 g/mol. The average molecular weight is 210 g/mol. The molecule has 16 heavy (non-hydrogen) atoms. The van der Waals surface area contributed by atoms with E-state index in [0.29, 0.717) is 5.39 Å². The first-order valence-corrected chi connectivity index (χ1v) is 5.13. The number of nitrogens with zero attached hydrogens (tertiary/aromatic N) is 1. The summed E-state index contributed by atoms with van der Waals surface area (Å²) in [5.74, 6) is 0. The molecule has 1 aromatic carbocycles. The fraction of sp³-hybridized carbons (Fsp3) is 0.0769. The lowest BCUT2D eigenvalue weighted by Crippen LogP contribution is -2.00. The first-order valence-electron chi connectivity index (χ1n) is 5.13. The SMILES string of the molecule is Cc1ccnc2c1ccc1c(=O)cc[nH]c12. The summed E-state index contributed by atoms with van der Waals surface area (Å²) < 4.78 is 0. The topological polar surface area (TPSA) is 45.8 Å². The Bertz CT molecular complexity index is 744. The molecule has 3 nitrogen and oxygen atoms in total. The highest BCUT2D eigenvalue weighted by atomic mass is 16.1. The minimum absolute atomic E-state index is 0.0268. The second-order valence-corrected chi connectivity index (χ2v) is 3.85. The van der Waals surface area contributed by atoms with E-state index in [9.17, 15) is 4.79 Å². The standard InChI is InChI=1S/C13H10N2O/c1-8-4-6-14-12-9(8)2-3-10-11(16)5-7-15-13(10)12/h2-7H,1H3,(H,15,16). The predicted molar refractivity (Wildman–Crippen MR) is 64.6 cm³/mol. The van der Waals surface area contributed by atoms with E-state index in [1.165, 1.54) is 6.07 Å². The van der Waals surface area contributed by atoms with Crippen molar-refractivity contribution in [2.75, 3.05) is 0 Å². The van der Waals surface area contributed by atoms with E-state index >= 15 is 0 Å². The Morgan fingerprint density at radius 3 is 2.81 bits per heavy atom. The number of pyridine rings is 2. The number of fused-ring (bicyclic) bond motifs is 3. The van der Waals surface area contributed by atoms with Gasteiger partial charge in [0, 0.05) is 29.2 Å². The Balaban J connectivity index is 2.66. The third-order valence-corrected chi connectivity index (χ3v) is 2.86. The van der Waals surface area contributed by atoms with Gasteiger partial charge < -0.3 is 4.98 Å². The van der Waals surface area contributed by atoms with Crippen LogP contribution in [0.3, 0.4) is 0 Å². The summed E-state index contributed by atoms with van der Waals surface area (Å²) in [6, 6.07) is 7.31. The molecule has 0 amide bonds. The number of hydrogen-bond acceptors (Lipinski definition) is 2. The number of aryl methyl sites for hydroxylation is 1. The molecular weight excluding hydrogens is 200 g/mol. The van der Waals surface area contributed by atoms with Gasteiger partial charge in [-0.15, -0.1) is 0 Å². The molecule has 2 aromatic heterocycles. The fourth-order valence-corrected chi connectivity index (χ4v) is 2.00. The normalized spacial score (nSPS) is 11.1. The summed E-state index contributed by atoms with van der Waals surface area (Å²) in [7, 11) is 0. The van der Waals surface area contributed by atoms with Crippen molar-refractivity contribution in [3.63, 3.8) is 0 Å². The second-order valence-electron chi connectivity index (χ2n) is 3.85. The number of benzene rings is 1. The molecule has 0 saturated carbocycles. The van der Waals surface area contributed by atoms with Crippen molar-refractivity contribution in [3.8, 4) is 0 Å². The first kappa shape index (κ1) is 9.09. The van der Waals surface area contributed by atoms with Gasteiger partial charge in [0.1, 0.15) is 0 Å². The molecule has 0 bridgehead atoms. The zero-order chi connectivity index (χ0) is 11.1. The maximum atomic E-state index is 11.7. The number of rotatable bonds is 0. The van der Waals surface area contributed by atoms with Gasteiger partial charge in [-0.1, -0.05) is 6.07 Å². The quantitative estimate of drug-likeness (QED) is 0.579. The molecule has 0 aliphatic heterocycles. The van der Waals surface area contributed by atoms with Crippen LogP contribution in [-0.4, -0.2) is 9.97 Å². The molecule has 2 heterocycles. The molecule has 78 valence electrons. The van der Waals surface area contributed by atoms with Crippen molar-refractivity contribution in [2.24, 2.45) is 0 Å². The van der Waals surface area contributed by atoms with Crippen LogP contribution < -0.4 is 5.43 Å². The highest BCUT2D eigenvalue weighted by Gasteiger charge is 2.05. The fourth-order valence-electron chi connectivity index (χ4n) is 2.00. The first-order chi connectivity index (χ1) is 7.77. The van der Waals surface area contributed by atoms with E-state index in [2.05, 4.69) is 9.97 Å². The van der Waals surface area contributed by atoms with Gasteiger partial charge in [-0.05, 0) is 24.6 Å². The van der Waals surface area contributed by atoms with Crippen molar-refractivity contribution in [1.29, 1.82) is 0 Å². The molecule has 0 aliphatic rings. The Morgan fingerprint density at radius 1 is 1.12 bits per heavy atom. The molecule has 3 aromatic rings. The van der Waals surface area contributed by atoms with Crippen molar-refractivity contribution in [3.05, 3.63) is 52.4 Å². The van der Waals surface area contributed by atoms with Crippen molar-refractivity contribution in [2.45, 2.75) is 6.92 Å². The molecule has 0 aliphatic carbocycles. The van der Waals surface area contributed by atoms with E-state index in [1.807, 2.05) is 25.1 Å². The van der Waals surface area contributed by atoms with Gasteiger partial charge in [0.15, 0.2) is 5.43 Å². The minimum Gasteiger partial charge on any atom is -0.359 e. The largest absolute Gasteiger partial charge is 0.359 e. The lowest BCUT2D eigenvalue weighted by molar-refractivity contribution is 1.34. The van der Waals surface area contributed by atoms with E-state index in [0.717, 1.165) is 22.0 Å². The minimum atomic E-state index is 0.0268. The van der Waals surface area contributed by atoms with Crippen LogP contribution in [0.5, 0.6) is 0 Å². The van der Waals surface area contributed by atoms with Gasteiger partial charge in [0.05, 0.1) is 11.0 Å². The van der Waals surface area contributed by atoms with E-state index in [4.69, 9.17) is 0 Å². The van der Waals surface area contributed by atoms with Gasteiger partial charge in [-0.2, -0.15) is 0 Å². The van der Waals surface area contributed by atoms with Gasteiger partial charge >= 0.3 is 0 Å². The Kier molecular flexibility index (Phi) is 1.80. The molecule has 3 heteroatoms. The highest BCUT2D eigenvalue weighted by molar-refractivity contribution is 6.03. The number of nitrogens with one attached hydrogen (secondary N) is 1. The number of H-pyrrole nitrogens is 1. The van der Waals surface area contributed by atoms with Crippen LogP contribution in [0.1, 0.15) is 5.56 Å².